The number of carbonyl (C=O) groups is 2. The lowest BCUT2D eigenvalue weighted by Gasteiger charge is -2.38. The summed E-state index contributed by atoms with van der Waals surface area (Å²) in [4.78, 5) is 26.5. The molecule has 0 bridgehead atoms. The van der Waals surface area contributed by atoms with Gasteiger partial charge >= 0.3 is 12.1 Å². The van der Waals surface area contributed by atoms with E-state index in [1.807, 2.05) is 24.3 Å². The molecule has 1 aromatic rings. The molecule has 1 aromatic carbocycles. The van der Waals surface area contributed by atoms with Gasteiger partial charge in [0.25, 0.3) is 0 Å². The molecule has 6 nitrogen and oxygen atoms in total. The summed E-state index contributed by atoms with van der Waals surface area (Å²) in [5.74, 6) is 1.01. The highest BCUT2D eigenvalue weighted by Crippen LogP contribution is 2.38. The predicted molar refractivity (Wildman–Crippen MR) is 108 cm³/mol. The highest BCUT2D eigenvalue weighted by Gasteiger charge is 2.38. The summed E-state index contributed by atoms with van der Waals surface area (Å²) in [6.45, 7) is 7.27. The molecule has 0 N–H and O–H groups in total. The molecule has 1 unspecified atom stereocenters. The number of methoxy groups -OCH3 is 1. The Morgan fingerprint density at radius 3 is 2.50 bits per heavy atom. The van der Waals surface area contributed by atoms with Crippen molar-refractivity contribution in [2.75, 3.05) is 20.2 Å². The van der Waals surface area contributed by atoms with E-state index in [0.29, 0.717) is 37.3 Å². The number of piperidine rings is 1. The van der Waals surface area contributed by atoms with E-state index in [1.165, 1.54) is 7.11 Å². The molecular weight excluding hydrogens is 374 g/mol. The van der Waals surface area contributed by atoms with Crippen LogP contribution in [0.1, 0.15) is 12.8 Å². The van der Waals surface area contributed by atoms with Gasteiger partial charge in [0.05, 0.1) is 12.9 Å². The molecule has 0 aromatic heterocycles. The molecule has 28 heavy (non-hydrogen) atoms. The van der Waals surface area contributed by atoms with Crippen LogP contribution in [0.25, 0.3) is 0 Å². The molecule has 150 valence electrons. The minimum atomic E-state index is -1.83. The Kier molecular flexibility index (Phi) is 5.93. The van der Waals surface area contributed by atoms with Gasteiger partial charge in [-0.15, -0.1) is 0 Å². The Balaban J connectivity index is 1.82. The minimum absolute atomic E-state index is 0.0756. The first-order valence-electron chi connectivity index (χ1n) is 9.49. The van der Waals surface area contributed by atoms with Gasteiger partial charge in [-0.3, -0.25) is 0 Å². The number of likely N-dealkylation sites (tertiary alicyclic amines) is 1. The zero-order valence-electron chi connectivity index (χ0n) is 16.9. The van der Waals surface area contributed by atoms with Gasteiger partial charge < -0.3 is 18.8 Å². The third-order valence-electron chi connectivity index (χ3n) is 4.77. The monoisotopic (exact) mass is 401 g/mol. The van der Waals surface area contributed by atoms with Crippen molar-refractivity contribution < 1.29 is 23.5 Å². The van der Waals surface area contributed by atoms with Gasteiger partial charge in [0.1, 0.15) is 5.75 Å². The van der Waals surface area contributed by atoms with E-state index in [-0.39, 0.29) is 11.9 Å². The van der Waals surface area contributed by atoms with E-state index < -0.39 is 14.4 Å². The molecule has 1 saturated heterocycles. The second-order valence-electron chi connectivity index (χ2n) is 7.96. The predicted octanol–water partition coefficient (Wildman–Crippen LogP) is 4.12. The second kappa shape index (κ2) is 8.22. The third kappa shape index (κ3) is 4.65. The summed E-state index contributed by atoms with van der Waals surface area (Å²) in [7, 11) is -0.431. The van der Waals surface area contributed by atoms with E-state index in [4.69, 9.17) is 13.9 Å². The summed E-state index contributed by atoms with van der Waals surface area (Å²) < 4.78 is 16.8. The SMILES string of the molecule is COC(=O)C1=CCC(O[Si](C)(C)C)=C2CN(C(=O)Oc3ccccc3)CCC12. The quantitative estimate of drug-likeness (QED) is 0.561. The zero-order chi connectivity index (χ0) is 20.3. The fourth-order valence-corrected chi connectivity index (χ4v) is 4.54. The van der Waals surface area contributed by atoms with Crippen molar-refractivity contribution in [3.8, 4) is 5.75 Å². The maximum atomic E-state index is 12.6. The number of ether oxygens (including phenoxy) is 2. The van der Waals surface area contributed by atoms with Crippen LogP contribution in [-0.2, 0) is 14.0 Å². The largest absolute Gasteiger partial charge is 0.547 e. The van der Waals surface area contributed by atoms with Crippen molar-refractivity contribution in [3.05, 3.63) is 53.3 Å². The van der Waals surface area contributed by atoms with Crippen LogP contribution in [0.15, 0.2) is 53.3 Å². The number of amides is 1. The van der Waals surface area contributed by atoms with E-state index >= 15 is 0 Å². The Bertz CT molecular complexity index is 810. The minimum Gasteiger partial charge on any atom is -0.547 e. The fourth-order valence-electron chi connectivity index (χ4n) is 3.59. The summed E-state index contributed by atoms with van der Waals surface area (Å²) >= 11 is 0. The molecule has 0 spiro atoms. The lowest BCUT2D eigenvalue weighted by molar-refractivity contribution is -0.136. The Labute approximate surface area is 166 Å². The molecule has 3 rings (SSSR count). The standard InChI is InChI=1S/C21H27NO5Si/c1-25-20(23)17-10-11-19(27-28(2,3)4)18-14-22(13-12-16(17)18)21(24)26-15-8-6-5-7-9-15/h5-10,16H,11-14H2,1-4H3. The molecule has 1 fully saturated rings. The van der Waals surface area contributed by atoms with Crippen molar-refractivity contribution >= 4 is 20.4 Å². The average Bonchev–Trinajstić information content (AvgIpc) is 2.67. The first-order chi connectivity index (χ1) is 13.3. The van der Waals surface area contributed by atoms with Crippen molar-refractivity contribution in [2.45, 2.75) is 32.5 Å². The van der Waals surface area contributed by atoms with E-state index in [0.717, 1.165) is 11.3 Å². The van der Waals surface area contributed by atoms with Gasteiger partial charge in [0.15, 0.2) is 0 Å². The number of hydrogen-bond donors (Lipinski definition) is 0. The molecule has 0 radical (unpaired) electrons. The molecule has 1 heterocycles. The number of esters is 1. The molecule has 1 aliphatic carbocycles. The third-order valence-corrected chi connectivity index (χ3v) is 5.63. The van der Waals surface area contributed by atoms with Crippen LogP contribution in [0.5, 0.6) is 5.75 Å². The second-order valence-corrected chi connectivity index (χ2v) is 12.4. The maximum Gasteiger partial charge on any atom is 0.415 e. The number of fused-ring (bicyclic) bond motifs is 1. The highest BCUT2D eigenvalue weighted by molar-refractivity contribution is 6.70. The molecule has 1 amide bonds. The summed E-state index contributed by atoms with van der Waals surface area (Å²) in [5, 5.41) is 0. The van der Waals surface area contributed by atoms with Crippen LogP contribution in [-0.4, -0.2) is 45.5 Å². The van der Waals surface area contributed by atoms with E-state index in [2.05, 4.69) is 19.6 Å². The molecular formula is C21H27NO5Si. The number of rotatable bonds is 4. The van der Waals surface area contributed by atoms with Crippen molar-refractivity contribution in [2.24, 2.45) is 5.92 Å². The lowest BCUT2D eigenvalue weighted by atomic mass is 9.80. The van der Waals surface area contributed by atoms with Crippen LogP contribution < -0.4 is 4.74 Å². The van der Waals surface area contributed by atoms with Gasteiger partial charge in [-0.25, -0.2) is 9.59 Å². The maximum absolute atomic E-state index is 12.6. The van der Waals surface area contributed by atoms with Crippen molar-refractivity contribution in [1.82, 2.24) is 4.90 Å². The number of allylic oxidation sites excluding steroid dienone is 1. The number of para-hydroxylation sites is 1. The van der Waals surface area contributed by atoms with Crippen LogP contribution in [0, 0.1) is 5.92 Å². The Morgan fingerprint density at radius 2 is 1.86 bits per heavy atom. The fraction of sp³-hybridized carbons (Fsp3) is 0.429. The molecule has 1 atom stereocenters. The van der Waals surface area contributed by atoms with Gasteiger partial charge in [-0.05, 0) is 43.8 Å². The number of benzene rings is 1. The molecule has 7 heteroatoms. The van der Waals surface area contributed by atoms with E-state index in [9.17, 15) is 9.59 Å². The van der Waals surface area contributed by atoms with Crippen LogP contribution in [0.4, 0.5) is 4.79 Å². The highest BCUT2D eigenvalue weighted by atomic mass is 28.4. The topological polar surface area (TPSA) is 65.1 Å². The summed E-state index contributed by atoms with van der Waals surface area (Å²) in [5.41, 5.74) is 1.65. The smallest absolute Gasteiger partial charge is 0.415 e. The molecule has 0 saturated carbocycles. The summed E-state index contributed by atoms with van der Waals surface area (Å²) in [6, 6.07) is 9.03. The number of nitrogens with zero attached hydrogens (tertiary/aromatic N) is 1. The summed E-state index contributed by atoms with van der Waals surface area (Å²) in [6.07, 6.45) is 2.70. The first-order valence-corrected chi connectivity index (χ1v) is 12.9. The van der Waals surface area contributed by atoms with Crippen LogP contribution in [0.2, 0.25) is 19.6 Å². The molecule has 2 aliphatic rings. The first kappa shape index (κ1) is 20.2. The van der Waals surface area contributed by atoms with E-state index in [1.54, 1.807) is 17.0 Å². The normalized spacial score (nSPS) is 19.5. The molecule has 1 aliphatic heterocycles. The van der Waals surface area contributed by atoms with Gasteiger partial charge in [0, 0.05) is 31.0 Å². The van der Waals surface area contributed by atoms with Crippen molar-refractivity contribution in [3.63, 3.8) is 0 Å². The average molecular weight is 402 g/mol. The Hall–Kier alpha value is -2.54. The zero-order valence-corrected chi connectivity index (χ0v) is 17.9. The Morgan fingerprint density at radius 1 is 1.14 bits per heavy atom. The van der Waals surface area contributed by atoms with Gasteiger partial charge in [-0.2, -0.15) is 0 Å². The number of carbonyl (C=O) groups excluding carboxylic acids is 2. The van der Waals surface area contributed by atoms with Crippen LogP contribution in [0.3, 0.4) is 0 Å². The number of hydrogen-bond acceptors (Lipinski definition) is 5. The van der Waals surface area contributed by atoms with Crippen LogP contribution >= 0.6 is 0 Å². The van der Waals surface area contributed by atoms with Crippen molar-refractivity contribution in [1.29, 1.82) is 0 Å². The van der Waals surface area contributed by atoms with Gasteiger partial charge in [0.2, 0.25) is 8.32 Å². The van der Waals surface area contributed by atoms with Gasteiger partial charge in [-0.1, -0.05) is 24.3 Å². The lowest BCUT2D eigenvalue weighted by Crippen LogP contribution is -2.44.